The molecule has 5 nitrogen and oxygen atoms in total. The van der Waals surface area contributed by atoms with Gasteiger partial charge >= 0.3 is 0 Å². The molecule has 0 aliphatic heterocycles. The number of nitrogens with one attached hydrogen (secondary N) is 2. The van der Waals surface area contributed by atoms with Gasteiger partial charge in [0.1, 0.15) is 5.75 Å². The average molecular weight is 411 g/mol. The maximum Gasteiger partial charge on any atom is 0.255 e. The van der Waals surface area contributed by atoms with Crippen LogP contribution in [0.4, 0.5) is 11.4 Å². The van der Waals surface area contributed by atoms with Crippen molar-refractivity contribution in [3.05, 3.63) is 53.6 Å². The summed E-state index contributed by atoms with van der Waals surface area (Å²) in [6.45, 7) is 12.2. The summed E-state index contributed by atoms with van der Waals surface area (Å²) in [5, 5.41) is 16.5. The molecule has 5 heteroatoms. The van der Waals surface area contributed by atoms with E-state index in [1.165, 1.54) is 0 Å². The number of Topliss-reactive ketones (excluding diaryl/α,β-unsaturated/α-hetero) is 1. The standard InChI is InChI=1S/C25H34N2O3/c1-7-24(4,5)22(29)17-11-10-12-18(15-17)23(30)26-20-16-19(13-14-21(20)28)27-25(6,8-2)9-3/h10-16,27-28H,7-9H2,1-6H3,(H,26,30). The van der Waals surface area contributed by atoms with Crippen molar-refractivity contribution in [1.29, 1.82) is 0 Å². The lowest BCUT2D eigenvalue weighted by atomic mass is 9.82. The molecule has 0 saturated carbocycles. The van der Waals surface area contributed by atoms with Crippen LogP contribution in [-0.2, 0) is 0 Å². The molecule has 2 rings (SSSR count). The molecule has 30 heavy (non-hydrogen) atoms. The molecule has 0 fully saturated rings. The molecule has 0 bridgehead atoms. The summed E-state index contributed by atoms with van der Waals surface area (Å²) < 4.78 is 0. The normalized spacial score (nSPS) is 11.8. The van der Waals surface area contributed by atoms with Crippen molar-refractivity contribution in [3.63, 3.8) is 0 Å². The summed E-state index contributed by atoms with van der Waals surface area (Å²) >= 11 is 0. The molecule has 0 radical (unpaired) electrons. The Morgan fingerprint density at radius 3 is 2.13 bits per heavy atom. The van der Waals surface area contributed by atoms with Crippen LogP contribution in [-0.4, -0.2) is 22.3 Å². The predicted octanol–water partition coefficient (Wildman–Crippen LogP) is 6.25. The number of benzene rings is 2. The number of phenolic OH excluding ortho intramolecular Hbond substituents is 1. The molecule has 0 aromatic heterocycles. The highest BCUT2D eigenvalue weighted by Gasteiger charge is 2.27. The van der Waals surface area contributed by atoms with E-state index in [1.807, 2.05) is 20.8 Å². The Morgan fingerprint density at radius 2 is 1.53 bits per heavy atom. The lowest BCUT2D eigenvalue weighted by molar-refractivity contribution is 0.0833. The van der Waals surface area contributed by atoms with Crippen molar-refractivity contribution in [1.82, 2.24) is 0 Å². The van der Waals surface area contributed by atoms with Crippen molar-refractivity contribution in [2.24, 2.45) is 5.41 Å². The fraction of sp³-hybridized carbons (Fsp3) is 0.440. The quantitative estimate of drug-likeness (QED) is 0.259. The molecule has 1 amide bonds. The molecule has 2 aromatic carbocycles. The van der Waals surface area contributed by atoms with Gasteiger partial charge in [0, 0.05) is 27.8 Å². The van der Waals surface area contributed by atoms with Crippen molar-refractivity contribution >= 4 is 23.1 Å². The van der Waals surface area contributed by atoms with E-state index in [2.05, 4.69) is 31.4 Å². The summed E-state index contributed by atoms with van der Waals surface area (Å²) in [7, 11) is 0. The van der Waals surface area contributed by atoms with Gasteiger partial charge < -0.3 is 15.7 Å². The first kappa shape index (κ1) is 23.5. The van der Waals surface area contributed by atoms with Crippen LogP contribution in [0.1, 0.15) is 81.5 Å². The molecule has 3 N–H and O–H groups in total. The molecular formula is C25H34N2O3. The van der Waals surface area contributed by atoms with E-state index in [-0.39, 0.29) is 23.0 Å². The van der Waals surface area contributed by atoms with Crippen LogP contribution in [0.2, 0.25) is 0 Å². The Morgan fingerprint density at radius 1 is 0.900 bits per heavy atom. The fourth-order valence-electron chi connectivity index (χ4n) is 3.04. The Bertz CT molecular complexity index is 914. The third kappa shape index (κ3) is 5.41. The highest BCUT2D eigenvalue weighted by Crippen LogP contribution is 2.31. The molecule has 0 aliphatic carbocycles. The van der Waals surface area contributed by atoms with Crippen LogP contribution in [0.3, 0.4) is 0 Å². The minimum atomic E-state index is -0.488. The summed E-state index contributed by atoms with van der Waals surface area (Å²) in [5.74, 6) is -0.379. The lowest BCUT2D eigenvalue weighted by Gasteiger charge is -2.29. The number of phenols is 1. The van der Waals surface area contributed by atoms with Gasteiger partial charge in [0.25, 0.3) is 5.91 Å². The lowest BCUT2D eigenvalue weighted by Crippen LogP contribution is -2.32. The average Bonchev–Trinajstić information content (AvgIpc) is 2.75. The van der Waals surface area contributed by atoms with Crippen molar-refractivity contribution in [2.75, 3.05) is 10.6 Å². The van der Waals surface area contributed by atoms with Crippen LogP contribution >= 0.6 is 0 Å². The van der Waals surface area contributed by atoms with Gasteiger partial charge in [-0.25, -0.2) is 0 Å². The molecule has 2 aromatic rings. The number of carbonyl (C=O) groups excluding carboxylic acids is 2. The zero-order valence-electron chi connectivity index (χ0n) is 18.9. The second kappa shape index (κ2) is 9.33. The van der Waals surface area contributed by atoms with E-state index in [9.17, 15) is 14.7 Å². The molecule has 0 spiro atoms. The fourth-order valence-corrected chi connectivity index (χ4v) is 3.04. The highest BCUT2D eigenvalue weighted by molar-refractivity contribution is 6.07. The first-order chi connectivity index (χ1) is 14.0. The Hall–Kier alpha value is -2.82. The van der Waals surface area contributed by atoms with Gasteiger partial charge in [0.15, 0.2) is 5.78 Å². The molecular weight excluding hydrogens is 376 g/mol. The smallest absolute Gasteiger partial charge is 0.255 e. The number of carbonyl (C=O) groups is 2. The van der Waals surface area contributed by atoms with E-state index in [1.54, 1.807) is 42.5 Å². The van der Waals surface area contributed by atoms with Crippen molar-refractivity contribution in [3.8, 4) is 5.75 Å². The monoisotopic (exact) mass is 410 g/mol. The number of ketones is 1. The SMILES string of the molecule is CCC(C)(CC)Nc1ccc(O)c(NC(=O)c2cccc(C(=O)C(C)(C)CC)c2)c1. The summed E-state index contributed by atoms with van der Waals surface area (Å²) in [6.07, 6.45) is 2.60. The molecule has 0 heterocycles. The second-order valence-corrected chi connectivity index (χ2v) is 8.73. The van der Waals surface area contributed by atoms with Gasteiger partial charge in [-0.1, -0.05) is 46.8 Å². The molecule has 0 saturated heterocycles. The topological polar surface area (TPSA) is 78.4 Å². The predicted molar refractivity (Wildman–Crippen MR) is 124 cm³/mol. The first-order valence-corrected chi connectivity index (χ1v) is 10.6. The van der Waals surface area contributed by atoms with Gasteiger partial charge in [-0.3, -0.25) is 9.59 Å². The summed E-state index contributed by atoms with van der Waals surface area (Å²) in [6, 6.07) is 11.8. The van der Waals surface area contributed by atoms with Crippen LogP contribution in [0.15, 0.2) is 42.5 Å². The number of rotatable bonds is 9. The van der Waals surface area contributed by atoms with E-state index in [4.69, 9.17) is 0 Å². The Kier molecular flexibility index (Phi) is 7.30. The van der Waals surface area contributed by atoms with E-state index in [0.717, 1.165) is 18.5 Å². The first-order valence-electron chi connectivity index (χ1n) is 10.6. The van der Waals surface area contributed by atoms with Crippen molar-refractivity contribution in [2.45, 2.75) is 66.3 Å². The zero-order valence-corrected chi connectivity index (χ0v) is 18.9. The maximum atomic E-state index is 12.8. The van der Waals surface area contributed by atoms with Gasteiger partial charge in [0.2, 0.25) is 0 Å². The maximum absolute atomic E-state index is 12.8. The zero-order chi connectivity index (χ0) is 22.5. The van der Waals surface area contributed by atoms with Crippen LogP contribution in [0.25, 0.3) is 0 Å². The van der Waals surface area contributed by atoms with Gasteiger partial charge in [-0.2, -0.15) is 0 Å². The third-order valence-corrected chi connectivity index (χ3v) is 6.14. The third-order valence-electron chi connectivity index (χ3n) is 6.14. The molecule has 0 aliphatic rings. The molecule has 162 valence electrons. The number of anilines is 2. The molecule has 0 atom stereocenters. The van der Waals surface area contributed by atoms with Crippen LogP contribution in [0, 0.1) is 5.41 Å². The second-order valence-electron chi connectivity index (χ2n) is 8.73. The minimum Gasteiger partial charge on any atom is -0.506 e. The van der Waals surface area contributed by atoms with E-state index < -0.39 is 5.41 Å². The summed E-state index contributed by atoms with van der Waals surface area (Å²) in [4.78, 5) is 25.6. The van der Waals surface area contributed by atoms with Crippen LogP contribution in [0.5, 0.6) is 5.75 Å². The Labute approximate surface area is 179 Å². The van der Waals surface area contributed by atoms with E-state index >= 15 is 0 Å². The minimum absolute atomic E-state index is 0.00658. The number of aromatic hydroxyl groups is 1. The van der Waals surface area contributed by atoms with Gasteiger partial charge in [-0.15, -0.1) is 0 Å². The number of amides is 1. The van der Waals surface area contributed by atoms with Crippen molar-refractivity contribution < 1.29 is 14.7 Å². The highest BCUT2D eigenvalue weighted by atomic mass is 16.3. The number of hydrogen-bond acceptors (Lipinski definition) is 4. The van der Waals surface area contributed by atoms with Gasteiger partial charge in [0.05, 0.1) is 5.69 Å². The van der Waals surface area contributed by atoms with Crippen LogP contribution < -0.4 is 10.6 Å². The largest absolute Gasteiger partial charge is 0.506 e. The molecule has 0 unspecified atom stereocenters. The van der Waals surface area contributed by atoms with E-state index in [0.29, 0.717) is 23.2 Å². The Balaban J connectivity index is 2.25. The summed E-state index contributed by atoms with van der Waals surface area (Å²) in [5.41, 5.74) is 1.47. The van der Waals surface area contributed by atoms with Gasteiger partial charge in [-0.05, 0) is 56.5 Å². The number of hydrogen-bond donors (Lipinski definition) is 3.